The number of carbonyl (C=O) groups is 2. The molecule has 2 amide bonds. The highest BCUT2D eigenvalue weighted by molar-refractivity contribution is 5.99. The summed E-state index contributed by atoms with van der Waals surface area (Å²) in [5.74, 6) is 1.16. The van der Waals surface area contributed by atoms with E-state index in [0.717, 1.165) is 54.3 Å². The predicted molar refractivity (Wildman–Crippen MR) is 141 cm³/mol. The first-order valence-corrected chi connectivity index (χ1v) is 12.3. The Morgan fingerprint density at radius 2 is 1.86 bits per heavy atom. The zero-order valence-electron chi connectivity index (χ0n) is 20.4. The van der Waals surface area contributed by atoms with Crippen LogP contribution in [0.2, 0.25) is 0 Å². The van der Waals surface area contributed by atoms with Crippen LogP contribution in [0.3, 0.4) is 0 Å². The molecule has 4 rings (SSSR count). The molecule has 3 aromatic rings. The Kier molecular flexibility index (Phi) is 8.33. The van der Waals surface area contributed by atoms with E-state index in [-0.39, 0.29) is 24.3 Å². The standard InChI is InChI=1S/C27H32N6O3/c1-2-36-24(34)14-13-23-25(28)29-18-30-26(23)33-15-7-9-20(17-33)19-8-6-12-22(16-19)32-27(35)31-21-10-4-3-5-11-21/h3-6,8,10-12,16,18,20H,2,7,9,13-15,17H2,1H3,(H2,28,29,30)(H2,31,32,35). The van der Waals surface area contributed by atoms with Crippen LogP contribution in [0, 0.1) is 0 Å². The minimum atomic E-state index is -0.286. The maximum absolute atomic E-state index is 12.4. The molecule has 0 bridgehead atoms. The molecule has 9 heteroatoms. The van der Waals surface area contributed by atoms with Gasteiger partial charge in [-0.2, -0.15) is 0 Å². The van der Waals surface area contributed by atoms with Crippen LogP contribution in [-0.2, 0) is 16.0 Å². The highest BCUT2D eigenvalue weighted by Crippen LogP contribution is 2.33. The fraction of sp³-hybridized carbons (Fsp3) is 0.333. The Morgan fingerprint density at radius 3 is 2.67 bits per heavy atom. The minimum Gasteiger partial charge on any atom is -0.466 e. The summed E-state index contributed by atoms with van der Waals surface area (Å²) >= 11 is 0. The van der Waals surface area contributed by atoms with Crippen LogP contribution in [-0.4, -0.2) is 41.7 Å². The van der Waals surface area contributed by atoms with Gasteiger partial charge in [-0.1, -0.05) is 30.3 Å². The van der Waals surface area contributed by atoms with E-state index in [1.165, 1.54) is 6.33 Å². The lowest BCUT2D eigenvalue weighted by Gasteiger charge is -2.35. The molecule has 36 heavy (non-hydrogen) atoms. The van der Waals surface area contributed by atoms with Gasteiger partial charge in [-0.25, -0.2) is 14.8 Å². The molecule has 0 spiro atoms. The Labute approximate surface area is 211 Å². The minimum absolute atomic E-state index is 0.231. The number of hydrogen-bond donors (Lipinski definition) is 3. The Bertz CT molecular complexity index is 1190. The lowest BCUT2D eigenvalue weighted by atomic mass is 9.90. The lowest BCUT2D eigenvalue weighted by molar-refractivity contribution is -0.143. The molecule has 0 aliphatic carbocycles. The number of aromatic nitrogens is 2. The van der Waals surface area contributed by atoms with Crippen LogP contribution in [0.5, 0.6) is 0 Å². The summed E-state index contributed by atoms with van der Waals surface area (Å²) in [6.45, 7) is 3.73. The summed E-state index contributed by atoms with van der Waals surface area (Å²) in [7, 11) is 0. The van der Waals surface area contributed by atoms with Crippen molar-refractivity contribution >= 4 is 35.0 Å². The van der Waals surface area contributed by atoms with Gasteiger partial charge in [0, 0.05) is 42.4 Å². The molecular weight excluding hydrogens is 456 g/mol. The van der Waals surface area contributed by atoms with Crippen molar-refractivity contribution in [2.24, 2.45) is 0 Å². The molecule has 2 heterocycles. The molecule has 1 aliphatic heterocycles. The van der Waals surface area contributed by atoms with E-state index in [2.05, 4.69) is 31.6 Å². The van der Waals surface area contributed by atoms with Crippen molar-refractivity contribution in [2.75, 3.05) is 41.0 Å². The zero-order chi connectivity index (χ0) is 25.3. The summed E-state index contributed by atoms with van der Waals surface area (Å²) in [6.07, 6.45) is 4.14. The number of ether oxygens (including phenoxy) is 1. The first-order valence-electron chi connectivity index (χ1n) is 12.3. The Hall–Kier alpha value is -4.14. The van der Waals surface area contributed by atoms with Gasteiger partial charge in [-0.15, -0.1) is 0 Å². The summed E-state index contributed by atoms with van der Waals surface area (Å²) in [6, 6.07) is 17.0. The number of nitrogens with zero attached hydrogens (tertiary/aromatic N) is 3. The molecule has 1 aromatic heterocycles. The highest BCUT2D eigenvalue weighted by Gasteiger charge is 2.25. The quantitative estimate of drug-likeness (QED) is 0.397. The van der Waals surface area contributed by atoms with Gasteiger partial charge in [-0.3, -0.25) is 4.79 Å². The number of carbonyl (C=O) groups excluding carboxylic acids is 2. The van der Waals surface area contributed by atoms with Gasteiger partial charge in [0.1, 0.15) is 18.0 Å². The van der Waals surface area contributed by atoms with E-state index in [0.29, 0.717) is 18.8 Å². The van der Waals surface area contributed by atoms with Crippen LogP contribution in [0.1, 0.15) is 43.2 Å². The van der Waals surface area contributed by atoms with Gasteiger partial charge in [0.05, 0.1) is 6.61 Å². The summed E-state index contributed by atoms with van der Waals surface area (Å²) in [5.41, 5.74) is 9.57. The molecule has 0 radical (unpaired) electrons. The Balaban J connectivity index is 1.44. The first-order chi connectivity index (χ1) is 17.5. The lowest BCUT2D eigenvalue weighted by Crippen LogP contribution is -2.36. The second-order valence-corrected chi connectivity index (χ2v) is 8.72. The summed E-state index contributed by atoms with van der Waals surface area (Å²) in [4.78, 5) is 35.2. The van der Waals surface area contributed by atoms with Gasteiger partial charge in [0.15, 0.2) is 0 Å². The predicted octanol–water partition coefficient (Wildman–Crippen LogP) is 4.58. The van der Waals surface area contributed by atoms with E-state index in [9.17, 15) is 9.59 Å². The third kappa shape index (κ3) is 6.50. The molecule has 2 aromatic carbocycles. The van der Waals surface area contributed by atoms with Crippen molar-refractivity contribution in [1.82, 2.24) is 9.97 Å². The number of rotatable bonds is 8. The SMILES string of the molecule is CCOC(=O)CCc1c(N)ncnc1N1CCCC(c2cccc(NC(=O)Nc3ccccc3)c2)C1. The molecule has 1 aliphatic rings. The van der Waals surface area contributed by atoms with Crippen LogP contribution < -0.4 is 21.3 Å². The maximum atomic E-state index is 12.4. The number of amides is 2. The normalized spacial score (nSPS) is 15.2. The van der Waals surface area contributed by atoms with Crippen LogP contribution in [0.25, 0.3) is 0 Å². The zero-order valence-corrected chi connectivity index (χ0v) is 20.4. The van der Waals surface area contributed by atoms with Crippen molar-refractivity contribution in [3.05, 3.63) is 72.1 Å². The molecular formula is C27H32N6O3. The van der Waals surface area contributed by atoms with Gasteiger partial charge < -0.3 is 26.0 Å². The number of piperidine rings is 1. The van der Waals surface area contributed by atoms with E-state index in [1.807, 2.05) is 48.5 Å². The number of hydrogen-bond acceptors (Lipinski definition) is 7. The fourth-order valence-electron chi connectivity index (χ4n) is 4.52. The number of benzene rings is 2. The molecule has 9 nitrogen and oxygen atoms in total. The highest BCUT2D eigenvalue weighted by atomic mass is 16.5. The smallest absolute Gasteiger partial charge is 0.323 e. The Morgan fingerprint density at radius 1 is 1.08 bits per heavy atom. The van der Waals surface area contributed by atoms with E-state index in [4.69, 9.17) is 10.5 Å². The van der Waals surface area contributed by atoms with E-state index < -0.39 is 0 Å². The number of urea groups is 1. The number of para-hydroxylation sites is 1. The van der Waals surface area contributed by atoms with Gasteiger partial charge in [-0.05, 0) is 56.0 Å². The number of nitrogen functional groups attached to an aromatic ring is 1. The van der Waals surface area contributed by atoms with E-state index in [1.54, 1.807) is 6.92 Å². The fourth-order valence-corrected chi connectivity index (χ4v) is 4.52. The molecule has 188 valence electrons. The summed E-state index contributed by atoms with van der Waals surface area (Å²) in [5, 5.41) is 5.76. The monoisotopic (exact) mass is 488 g/mol. The van der Waals surface area contributed by atoms with Crippen LogP contribution >= 0.6 is 0 Å². The summed E-state index contributed by atoms with van der Waals surface area (Å²) < 4.78 is 5.07. The van der Waals surface area contributed by atoms with Crippen LogP contribution in [0.15, 0.2) is 60.9 Å². The third-order valence-corrected chi connectivity index (χ3v) is 6.21. The van der Waals surface area contributed by atoms with Crippen LogP contribution in [0.4, 0.5) is 27.8 Å². The van der Waals surface area contributed by atoms with Crippen molar-refractivity contribution in [1.29, 1.82) is 0 Å². The first kappa shape index (κ1) is 25.0. The van der Waals surface area contributed by atoms with Gasteiger partial charge in [0.25, 0.3) is 0 Å². The number of nitrogens with one attached hydrogen (secondary N) is 2. The van der Waals surface area contributed by atoms with Crippen molar-refractivity contribution in [2.45, 2.75) is 38.5 Å². The average Bonchev–Trinajstić information content (AvgIpc) is 2.89. The second-order valence-electron chi connectivity index (χ2n) is 8.72. The van der Waals surface area contributed by atoms with Crippen molar-refractivity contribution < 1.29 is 14.3 Å². The molecule has 4 N–H and O–H groups in total. The molecule has 0 saturated carbocycles. The van der Waals surface area contributed by atoms with Gasteiger partial charge >= 0.3 is 12.0 Å². The molecule has 1 saturated heterocycles. The molecule has 1 atom stereocenters. The number of nitrogens with two attached hydrogens (primary N) is 1. The third-order valence-electron chi connectivity index (χ3n) is 6.21. The molecule has 1 fully saturated rings. The topological polar surface area (TPSA) is 122 Å². The largest absolute Gasteiger partial charge is 0.466 e. The average molecular weight is 489 g/mol. The second kappa shape index (κ2) is 12.0. The van der Waals surface area contributed by atoms with Gasteiger partial charge in [0.2, 0.25) is 0 Å². The molecule has 1 unspecified atom stereocenters. The van der Waals surface area contributed by atoms with Crippen molar-refractivity contribution in [3.63, 3.8) is 0 Å². The van der Waals surface area contributed by atoms with E-state index >= 15 is 0 Å². The maximum Gasteiger partial charge on any atom is 0.323 e. The number of anilines is 4. The number of esters is 1. The van der Waals surface area contributed by atoms with Crippen molar-refractivity contribution in [3.8, 4) is 0 Å².